The van der Waals surface area contributed by atoms with Gasteiger partial charge in [-0.2, -0.15) is 0 Å². The highest BCUT2D eigenvalue weighted by Gasteiger charge is 2.41. The van der Waals surface area contributed by atoms with Crippen molar-refractivity contribution in [3.05, 3.63) is 23.8 Å². The van der Waals surface area contributed by atoms with Gasteiger partial charge in [0.1, 0.15) is 0 Å². The number of ether oxygens (including phenoxy) is 2. The average Bonchev–Trinajstić information content (AvgIpc) is 3.23. The summed E-state index contributed by atoms with van der Waals surface area (Å²) in [5.74, 6) is -0.373. The Labute approximate surface area is 119 Å². The van der Waals surface area contributed by atoms with Gasteiger partial charge in [0.25, 0.3) is 0 Å². The molecule has 1 aliphatic carbocycles. The molecule has 1 aromatic rings. The molecule has 20 heavy (non-hydrogen) atoms. The summed E-state index contributed by atoms with van der Waals surface area (Å²) in [5.41, 5.74) is 8.22. The summed E-state index contributed by atoms with van der Waals surface area (Å²) in [5, 5.41) is 3.38. The van der Waals surface area contributed by atoms with Crippen LogP contribution in [0.2, 0.25) is 0 Å². The van der Waals surface area contributed by atoms with Crippen molar-refractivity contribution in [1.82, 2.24) is 0 Å². The number of methoxy groups -OCH3 is 2. The van der Waals surface area contributed by atoms with Gasteiger partial charge in [-0.15, -0.1) is 0 Å². The van der Waals surface area contributed by atoms with E-state index in [2.05, 4.69) is 10.1 Å². The van der Waals surface area contributed by atoms with Crippen molar-refractivity contribution in [3.8, 4) is 0 Å². The number of carbonyl (C=O) groups is 1. The van der Waals surface area contributed by atoms with Crippen LogP contribution in [-0.4, -0.2) is 33.3 Å². The van der Waals surface area contributed by atoms with E-state index < -0.39 is 0 Å². The lowest BCUT2D eigenvalue weighted by Crippen LogP contribution is -2.18. The van der Waals surface area contributed by atoms with E-state index in [9.17, 15) is 4.79 Å². The summed E-state index contributed by atoms with van der Waals surface area (Å²) >= 11 is 0. The van der Waals surface area contributed by atoms with Gasteiger partial charge in [-0.25, -0.2) is 4.79 Å². The number of esters is 1. The molecule has 0 amide bonds. The number of benzene rings is 1. The van der Waals surface area contributed by atoms with E-state index in [4.69, 9.17) is 10.5 Å². The SMILES string of the molecule is COCCC1(CNc2ccc(C(=O)OC)cc2N)CC1. The molecule has 0 bridgehead atoms. The third-order valence-electron chi connectivity index (χ3n) is 3.92. The molecule has 5 nitrogen and oxygen atoms in total. The standard InChI is InChI=1S/C15H22N2O3/c1-19-8-7-15(5-6-15)10-17-13-4-3-11(9-12(13)16)14(18)20-2/h3-4,9,17H,5-8,10,16H2,1-2H3. The summed E-state index contributed by atoms with van der Waals surface area (Å²) in [7, 11) is 3.09. The highest BCUT2D eigenvalue weighted by Crippen LogP contribution is 2.48. The monoisotopic (exact) mass is 278 g/mol. The molecular formula is C15H22N2O3. The van der Waals surface area contributed by atoms with Gasteiger partial charge < -0.3 is 20.5 Å². The van der Waals surface area contributed by atoms with Crippen LogP contribution < -0.4 is 11.1 Å². The molecule has 0 unspecified atom stereocenters. The Hall–Kier alpha value is -1.75. The second-order valence-corrected chi connectivity index (χ2v) is 5.39. The molecule has 3 N–H and O–H groups in total. The van der Waals surface area contributed by atoms with Crippen LogP contribution in [0.15, 0.2) is 18.2 Å². The third-order valence-corrected chi connectivity index (χ3v) is 3.92. The Kier molecular flexibility index (Phi) is 4.49. The highest BCUT2D eigenvalue weighted by atomic mass is 16.5. The van der Waals surface area contributed by atoms with Crippen molar-refractivity contribution in [1.29, 1.82) is 0 Å². The quantitative estimate of drug-likeness (QED) is 0.591. The van der Waals surface area contributed by atoms with Gasteiger partial charge in [-0.3, -0.25) is 0 Å². The molecule has 1 fully saturated rings. The molecule has 1 aromatic carbocycles. The second-order valence-electron chi connectivity index (χ2n) is 5.39. The van der Waals surface area contributed by atoms with E-state index in [1.807, 2.05) is 6.07 Å². The van der Waals surface area contributed by atoms with Crippen molar-refractivity contribution in [2.45, 2.75) is 19.3 Å². The minimum Gasteiger partial charge on any atom is -0.465 e. The first-order valence-corrected chi connectivity index (χ1v) is 6.81. The van der Waals surface area contributed by atoms with Crippen molar-refractivity contribution in [3.63, 3.8) is 0 Å². The number of nitrogens with two attached hydrogens (primary N) is 1. The summed E-state index contributed by atoms with van der Waals surface area (Å²) in [6, 6.07) is 5.19. The average molecular weight is 278 g/mol. The van der Waals surface area contributed by atoms with E-state index in [0.29, 0.717) is 16.7 Å². The fourth-order valence-electron chi connectivity index (χ4n) is 2.26. The number of anilines is 2. The number of hydrogen-bond acceptors (Lipinski definition) is 5. The van der Waals surface area contributed by atoms with Crippen molar-refractivity contribution in [2.24, 2.45) is 5.41 Å². The van der Waals surface area contributed by atoms with Gasteiger partial charge in [-0.1, -0.05) is 0 Å². The van der Waals surface area contributed by atoms with Crippen LogP contribution in [0.25, 0.3) is 0 Å². The minimum absolute atomic E-state index is 0.351. The Morgan fingerprint density at radius 2 is 2.15 bits per heavy atom. The molecule has 2 rings (SSSR count). The molecule has 1 saturated carbocycles. The summed E-state index contributed by atoms with van der Waals surface area (Å²) < 4.78 is 9.81. The molecule has 110 valence electrons. The molecule has 0 spiro atoms. The molecule has 0 radical (unpaired) electrons. The fraction of sp³-hybridized carbons (Fsp3) is 0.533. The Balaban J connectivity index is 1.95. The first kappa shape index (κ1) is 14.7. The van der Waals surface area contributed by atoms with E-state index >= 15 is 0 Å². The first-order chi connectivity index (χ1) is 9.60. The van der Waals surface area contributed by atoms with E-state index in [0.717, 1.165) is 25.3 Å². The van der Waals surface area contributed by atoms with E-state index in [-0.39, 0.29) is 5.97 Å². The maximum atomic E-state index is 11.4. The van der Waals surface area contributed by atoms with Crippen molar-refractivity contribution < 1.29 is 14.3 Å². The normalized spacial score (nSPS) is 15.7. The second kappa shape index (κ2) is 6.13. The van der Waals surface area contributed by atoms with Crippen LogP contribution in [0.3, 0.4) is 0 Å². The number of rotatable bonds is 7. The molecule has 0 heterocycles. The Morgan fingerprint density at radius 3 is 2.70 bits per heavy atom. The fourth-order valence-corrected chi connectivity index (χ4v) is 2.26. The molecule has 0 saturated heterocycles. The smallest absolute Gasteiger partial charge is 0.337 e. The highest BCUT2D eigenvalue weighted by molar-refractivity contribution is 5.91. The van der Waals surface area contributed by atoms with Gasteiger partial charge in [0.15, 0.2) is 0 Å². The van der Waals surface area contributed by atoms with Gasteiger partial charge in [0.2, 0.25) is 0 Å². The van der Waals surface area contributed by atoms with Crippen LogP contribution in [-0.2, 0) is 9.47 Å². The Morgan fingerprint density at radius 1 is 1.40 bits per heavy atom. The lowest BCUT2D eigenvalue weighted by molar-refractivity contribution is 0.0601. The predicted octanol–water partition coefficient (Wildman–Crippen LogP) is 2.28. The summed E-state index contributed by atoms with van der Waals surface area (Å²) in [6.07, 6.45) is 3.52. The van der Waals surface area contributed by atoms with Gasteiger partial charge in [-0.05, 0) is 42.9 Å². The lowest BCUT2D eigenvalue weighted by atomic mass is 10.0. The minimum atomic E-state index is -0.373. The first-order valence-electron chi connectivity index (χ1n) is 6.81. The number of nitrogens with one attached hydrogen (secondary N) is 1. The van der Waals surface area contributed by atoms with Gasteiger partial charge >= 0.3 is 5.97 Å². The van der Waals surface area contributed by atoms with Crippen molar-refractivity contribution >= 4 is 17.3 Å². The number of carbonyl (C=O) groups excluding carboxylic acids is 1. The van der Waals surface area contributed by atoms with E-state index in [1.54, 1.807) is 19.2 Å². The maximum absolute atomic E-state index is 11.4. The zero-order chi connectivity index (χ0) is 14.6. The van der Waals surface area contributed by atoms with Gasteiger partial charge in [0, 0.05) is 20.3 Å². The maximum Gasteiger partial charge on any atom is 0.337 e. The molecule has 5 heteroatoms. The summed E-state index contributed by atoms with van der Waals surface area (Å²) in [4.78, 5) is 11.4. The van der Waals surface area contributed by atoms with Crippen LogP contribution in [0.5, 0.6) is 0 Å². The predicted molar refractivity (Wildman–Crippen MR) is 78.8 cm³/mol. The zero-order valence-corrected chi connectivity index (χ0v) is 12.1. The molecule has 0 atom stereocenters. The Bertz CT molecular complexity index is 484. The lowest BCUT2D eigenvalue weighted by Gasteiger charge is -2.17. The van der Waals surface area contributed by atoms with Crippen molar-refractivity contribution in [2.75, 3.05) is 38.4 Å². The largest absolute Gasteiger partial charge is 0.465 e. The molecule has 0 aliphatic heterocycles. The van der Waals surface area contributed by atoms with Gasteiger partial charge in [0.05, 0.1) is 24.0 Å². The van der Waals surface area contributed by atoms with Crippen LogP contribution in [0.1, 0.15) is 29.6 Å². The third kappa shape index (κ3) is 3.42. The molecular weight excluding hydrogens is 256 g/mol. The molecule has 1 aliphatic rings. The van der Waals surface area contributed by atoms with Crippen LogP contribution >= 0.6 is 0 Å². The molecule has 0 aromatic heterocycles. The number of hydrogen-bond donors (Lipinski definition) is 2. The van der Waals surface area contributed by atoms with E-state index in [1.165, 1.54) is 20.0 Å². The zero-order valence-electron chi connectivity index (χ0n) is 12.1. The summed E-state index contributed by atoms with van der Waals surface area (Å²) in [6.45, 7) is 1.68. The topological polar surface area (TPSA) is 73.6 Å². The van der Waals surface area contributed by atoms with Crippen LogP contribution in [0.4, 0.5) is 11.4 Å². The van der Waals surface area contributed by atoms with Crippen LogP contribution in [0, 0.1) is 5.41 Å². The number of nitrogen functional groups attached to an aromatic ring is 1.